The number of nitrogens with zero attached hydrogens (tertiary/aromatic N) is 3. The molecule has 2 aromatic rings. The van der Waals surface area contributed by atoms with Crippen molar-refractivity contribution in [2.75, 3.05) is 18.5 Å². The van der Waals surface area contributed by atoms with Crippen LogP contribution < -0.4 is 11.0 Å². The Morgan fingerprint density at radius 3 is 3.19 bits per heavy atom. The number of rotatable bonds is 5. The SMILES string of the molecule is O=c1[nH]nc2cc(NCCCCO)ncn12. The maximum Gasteiger partial charge on any atom is 0.348 e. The van der Waals surface area contributed by atoms with Crippen LogP contribution in [0.15, 0.2) is 17.2 Å². The molecular weight excluding hydrogens is 210 g/mol. The number of nitrogens with one attached hydrogen (secondary N) is 2. The second-order valence-corrected chi connectivity index (χ2v) is 3.39. The number of aromatic nitrogens is 4. The summed E-state index contributed by atoms with van der Waals surface area (Å²) < 4.78 is 1.33. The molecule has 0 radical (unpaired) electrons. The summed E-state index contributed by atoms with van der Waals surface area (Å²) in [5.74, 6) is 0.671. The molecule has 0 bridgehead atoms. The Balaban J connectivity index is 2.05. The van der Waals surface area contributed by atoms with Gasteiger partial charge in [0.1, 0.15) is 12.1 Å². The lowest BCUT2D eigenvalue weighted by molar-refractivity contribution is 0.286. The number of aromatic amines is 1. The van der Waals surface area contributed by atoms with Gasteiger partial charge in [-0.05, 0) is 12.8 Å². The second-order valence-electron chi connectivity index (χ2n) is 3.39. The molecular formula is C9H13N5O2. The lowest BCUT2D eigenvalue weighted by Gasteiger charge is -2.03. The Hall–Kier alpha value is -1.89. The molecule has 7 nitrogen and oxygen atoms in total. The molecule has 2 rings (SSSR count). The fourth-order valence-electron chi connectivity index (χ4n) is 1.36. The van der Waals surface area contributed by atoms with E-state index < -0.39 is 0 Å². The highest BCUT2D eigenvalue weighted by atomic mass is 16.2. The van der Waals surface area contributed by atoms with E-state index in [1.165, 1.54) is 10.7 Å². The maximum absolute atomic E-state index is 11.1. The van der Waals surface area contributed by atoms with Crippen LogP contribution >= 0.6 is 0 Å². The molecule has 0 saturated carbocycles. The van der Waals surface area contributed by atoms with E-state index in [9.17, 15) is 4.79 Å². The number of aliphatic hydroxyl groups is 1. The zero-order chi connectivity index (χ0) is 11.4. The van der Waals surface area contributed by atoms with Crippen molar-refractivity contribution in [2.45, 2.75) is 12.8 Å². The lowest BCUT2D eigenvalue weighted by atomic mass is 10.3. The Morgan fingerprint density at radius 1 is 1.50 bits per heavy atom. The Kier molecular flexibility index (Phi) is 3.16. The quantitative estimate of drug-likeness (QED) is 0.599. The van der Waals surface area contributed by atoms with E-state index in [2.05, 4.69) is 20.5 Å². The Labute approximate surface area is 91.1 Å². The van der Waals surface area contributed by atoms with Gasteiger partial charge in [0.2, 0.25) is 0 Å². The monoisotopic (exact) mass is 223 g/mol. The predicted molar refractivity (Wildman–Crippen MR) is 58.4 cm³/mol. The van der Waals surface area contributed by atoms with Crippen LogP contribution in [0.5, 0.6) is 0 Å². The molecule has 2 heterocycles. The summed E-state index contributed by atoms with van der Waals surface area (Å²) in [6, 6.07) is 1.69. The maximum atomic E-state index is 11.1. The molecule has 3 N–H and O–H groups in total. The second kappa shape index (κ2) is 4.75. The number of unbranched alkanes of at least 4 members (excludes halogenated alkanes) is 1. The summed E-state index contributed by atoms with van der Waals surface area (Å²) in [7, 11) is 0. The molecule has 0 aliphatic carbocycles. The third-order valence-corrected chi connectivity index (χ3v) is 2.20. The first-order valence-corrected chi connectivity index (χ1v) is 5.09. The van der Waals surface area contributed by atoms with Crippen LogP contribution in [0.3, 0.4) is 0 Å². The normalized spacial score (nSPS) is 10.8. The predicted octanol–water partition coefficient (Wildman–Crippen LogP) is -0.398. The van der Waals surface area contributed by atoms with Crippen LogP contribution in [-0.2, 0) is 0 Å². The molecule has 0 atom stereocenters. The van der Waals surface area contributed by atoms with Gasteiger partial charge in [-0.25, -0.2) is 19.3 Å². The first-order valence-electron chi connectivity index (χ1n) is 5.09. The molecule has 0 amide bonds. The highest BCUT2D eigenvalue weighted by molar-refractivity contribution is 5.48. The molecule has 2 aromatic heterocycles. The van der Waals surface area contributed by atoms with Gasteiger partial charge in [-0.1, -0.05) is 0 Å². The van der Waals surface area contributed by atoms with Crippen molar-refractivity contribution in [1.82, 2.24) is 19.6 Å². The van der Waals surface area contributed by atoms with E-state index in [0.717, 1.165) is 19.4 Å². The smallest absolute Gasteiger partial charge is 0.348 e. The summed E-state index contributed by atoms with van der Waals surface area (Å²) in [6.45, 7) is 0.932. The van der Waals surface area contributed by atoms with Crippen molar-refractivity contribution >= 4 is 11.5 Å². The summed E-state index contributed by atoms with van der Waals surface area (Å²) >= 11 is 0. The standard InChI is InChI=1S/C9H13N5O2/c15-4-2-1-3-10-7-5-8-12-13-9(16)14(8)6-11-7/h5-6,10,15H,1-4H2,(H,13,16). The van der Waals surface area contributed by atoms with Crippen molar-refractivity contribution in [1.29, 1.82) is 0 Å². The number of fused-ring (bicyclic) bond motifs is 1. The van der Waals surface area contributed by atoms with Crippen LogP contribution in [0.4, 0.5) is 5.82 Å². The van der Waals surface area contributed by atoms with E-state index in [1.54, 1.807) is 6.07 Å². The Morgan fingerprint density at radius 2 is 2.38 bits per heavy atom. The zero-order valence-electron chi connectivity index (χ0n) is 8.68. The molecule has 86 valence electrons. The largest absolute Gasteiger partial charge is 0.396 e. The molecule has 0 aliphatic rings. The third kappa shape index (κ3) is 2.19. The first kappa shape index (κ1) is 10.6. The summed E-state index contributed by atoms with van der Waals surface area (Å²) in [5.41, 5.74) is 0.235. The van der Waals surface area contributed by atoms with Gasteiger partial charge < -0.3 is 10.4 Å². The molecule has 0 saturated heterocycles. The molecule has 16 heavy (non-hydrogen) atoms. The van der Waals surface area contributed by atoms with Gasteiger partial charge in [0, 0.05) is 19.2 Å². The number of H-pyrrole nitrogens is 1. The van der Waals surface area contributed by atoms with Crippen LogP contribution in [-0.4, -0.2) is 37.8 Å². The Bertz CT molecular complexity index is 518. The summed E-state index contributed by atoms with van der Waals surface area (Å²) in [4.78, 5) is 15.2. The molecule has 0 unspecified atom stereocenters. The molecule has 0 fully saturated rings. The third-order valence-electron chi connectivity index (χ3n) is 2.20. The minimum atomic E-state index is -0.297. The van der Waals surface area contributed by atoms with E-state index in [4.69, 9.17) is 5.11 Å². The van der Waals surface area contributed by atoms with Gasteiger partial charge in [-0.15, -0.1) is 0 Å². The van der Waals surface area contributed by atoms with Crippen molar-refractivity contribution in [3.8, 4) is 0 Å². The minimum absolute atomic E-state index is 0.197. The average Bonchev–Trinajstić information content (AvgIpc) is 2.66. The average molecular weight is 223 g/mol. The lowest BCUT2D eigenvalue weighted by Crippen LogP contribution is -2.10. The van der Waals surface area contributed by atoms with Gasteiger partial charge in [0.15, 0.2) is 5.65 Å². The van der Waals surface area contributed by atoms with Crippen molar-refractivity contribution in [3.05, 3.63) is 22.9 Å². The van der Waals surface area contributed by atoms with Crippen molar-refractivity contribution in [3.63, 3.8) is 0 Å². The van der Waals surface area contributed by atoms with Crippen molar-refractivity contribution in [2.24, 2.45) is 0 Å². The van der Waals surface area contributed by atoms with Gasteiger partial charge in [0.25, 0.3) is 0 Å². The summed E-state index contributed by atoms with van der Waals surface area (Å²) in [5, 5.41) is 17.9. The highest BCUT2D eigenvalue weighted by Gasteiger charge is 2.01. The van der Waals surface area contributed by atoms with E-state index in [-0.39, 0.29) is 12.3 Å². The fraction of sp³-hybridized carbons (Fsp3) is 0.444. The highest BCUT2D eigenvalue weighted by Crippen LogP contribution is 2.04. The topological polar surface area (TPSA) is 95.3 Å². The number of aliphatic hydroxyl groups excluding tert-OH is 1. The number of anilines is 1. The van der Waals surface area contributed by atoms with Gasteiger partial charge >= 0.3 is 5.69 Å². The molecule has 0 aromatic carbocycles. The van der Waals surface area contributed by atoms with E-state index in [1.807, 2.05) is 0 Å². The first-order chi connectivity index (χ1) is 7.81. The zero-order valence-corrected chi connectivity index (χ0v) is 8.68. The van der Waals surface area contributed by atoms with E-state index >= 15 is 0 Å². The van der Waals surface area contributed by atoms with Gasteiger partial charge in [0.05, 0.1) is 0 Å². The van der Waals surface area contributed by atoms with Crippen molar-refractivity contribution < 1.29 is 5.11 Å². The van der Waals surface area contributed by atoms with Gasteiger partial charge in [-0.2, -0.15) is 5.10 Å². The minimum Gasteiger partial charge on any atom is -0.396 e. The summed E-state index contributed by atoms with van der Waals surface area (Å²) in [6.07, 6.45) is 3.06. The van der Waals surface area contributed by atoms with E-state index in [0.29, 0.717) is 11.5 Å². The molecule has 0 aliphatic heterocycles. The molecule has 7 heteroatoms. The van der Waals surface area contributed by atoms with Crippen LogP contribution in [0.25, 0.3) is 5.65 Å². The van der Waals surface area contributed by atoms with Crippen LogP contribution in [0.1, 0.15) is 12.8 Å². The van der Waals surface area contributed by atoms with Crippen LogP contribution in [0, 0.1) is 0 Å². The number of hydrogen-bond donors (Lipinski definition) is 3. The van der Waals surface area contributed by atoms with Gasteiger partial charge in [-0.3, -0.25) is 0 Å². The number of hydrogen-bond acceptors (Lipinski definition) is 5. The van der Waals surface area contributed by atoms with Crippen LogP contribution in [0.2, 0.25) is 0 Å². The fourth-order valence-corrected chi connectivity index (χ4v) is 1.36. The molecule has 0 spiro atoms.